The van der Waals surface area contributed by atoms with Crippen molar-refractivity contribution < 1.29 is 18.3 Å². The highest BCUT2D eigenvalue weighted by atomic mass is 32.2. The smallest absolute Gasteiger partial charge is 0.238 e. The molecule has 0 bridgehead atoms. The molecule has 2 atom stereocenters. The predicted molar refractivity (Wildman–Crippen MR) is 104 cm³/mol. The van der Waals surface area contributed by atoms with E-state index in [0.717, 1.165) is 31.2 Å². The third kappa shape index (κ3) is 4.11. The highest BCUT2D eigenvalue weighted by Gasteiger charge is 2.40. The van der Waals surface area contributed by atoms with E-state index < -0.39 is 15.6 Å². The average molecular weight is 404 g/mol. The van der Waals surface area contributed by atoms with Crippen LogP contribution in [0, 0.1) is 0 Å². The Morgan fingerprint density at radius 3 is 2.54 bits per heavy atom. The molecule has 28 heavy (non-hydrogen) atoms. The molecule has 1 heterocycles. The lowest BCUT2D eigenvalue weighted by Crippen LogP contribution is -2.38. The first-order valence-corrected chi connectivity index (χ1v) is 10.9. The van der Waals surface area contributed by atoms with Crippen molar-refractivity contribution in [3.05, 3.63) is 36.0 Å². The molecule has 1 aromatic heterocycles. The van der Waals surface area contributed by atoms with Crippen molar-refractivity contribution in [1.29, 1.82) is 0 Å². The maximum absolute atomic E-state index is 11.4. The Hall–Kier alpha value is -2.23. The molecule has 0 radical (unpaired) electrons. The molecule has 0 aliphatic heterocycles. The van der Waals surface area contributed by atoms with Gasteiger partial charge in [-0.3, -0.25) is 0 Å². The molecule has 4 rings (SSSR count). The second-order valence-electron chi connectivity index (χ2n) is 7.78. The number of sulfonamides is 1. The summed E-state index contributed by atoms with van der Waals surface area (Å²) in [5.41, 5.74) is 0.742. The number of aliphatic hydroxyl groups is 1. The number of anilines is 2. The molecule has 2 fully saturated rings. The lowest BCUT2D eigenvalue weighted by atomic mass is 10.0. The Bertz CT molecular complexity index is 972. The topological polar surface area (TPSA) is 127 Å². The van der Waals surface area contributed by atoms with Gasteiger partial charge < -0.3 is 15.2 Å². The molecule has 2 saturated carbocycles. The first kappa shape index (κ1) is 19.1. The van der Waals surface area contributed by atoms with Gasteiger partial charge in [-0.2, -0.15) is 4.98 Å². The minimum Gasteiger partial charge on any atom is -0.471 e. The van der Waals surface area contributed by atoms with Crippen LogP contribution in [0.4, 0.5) is 11.6 Å². The first-order valence-electron chi connectivity index (χ1n) is 9.38. The number of nitrogens with two attached hydrogens (primary N) is 1. The van der Waals surface area contributed by atoms with Crippen molar-refractivity contribution >= 4 is 21.7 Å². The van der Waals surface area contributed by atoms with Gasteiger partial charge in [0.1, 0.15) is 6.10 Å². The van der Waals surface area contributed by atoms with Crippen LogP contribution in [0.3, 0.4) is 0 Å². The van der Waals surface area contributed by atoms with Crippen molar-refractivity contribution in [3.63, 3.8) is 0 Å². The lowest BCUT2D eigenvalue weighted by Gasteiger charge is -2.26. The fraction of sp³-hybridized carbons (Fsp3) is 0.474. The van der Waals surface area contributed by atoms with E-state index in [9.17, 15) is 13.5 Å². The maximum Gasteiger partial charge on any atom is 0.238 e. The molecule has 2 aliphatic rings. The number of aromatic nitrogens is 2. The monoisotopic (exact) mass is 404 g/mol. The largest absolute Gasteiger partial charge is 0.471 e. The van der Waals surface area contributed by atoms with E-state index in [1.807, 2.05) is 0 Å². The molecular formula is C19H24N4O4S. The van der Waals surface area contributed by atoms with Gasteiger partial charge in [-0.25, -0.2) is 18.5 Å². The van der Waals surface area contributed by atoms with E-state index in [1.165, 1.54) is 12.1 Å². The summed E-state index contributed by atoms with van der Waals surface area (Å²) < 4.78 is 28.9. The van der Waals surface area contributed by atoms with E-state index in [0.29, 0.717) is 29.9 Å². The molecule has 0 amide bonds. The van der Waals surface area contributed by atoms with Gasteiger partial charge in [0.2, 0.25) is 21.9 Å². The van der Waals surface area contributed by atoms with E-state index >= 15 is 0 Å². The van der Waals surface area contributed by atoms with Crippen molar-refractivity contribution in [3.8, 4) is 5.88 Å². The van der Waals surface area contributed by atoms with E-state index in [1.54, 1.807) is 25.3 Å². The quantitative estimate of drug-likeness (QED) is 0.674. The molecule has 0 unspecified atom stereocenters. The number of primary sulfonamides is 1. The summed E-state index contributed by atoms with van der Waals surface area (Å²) in [5.74, 6) is 1.26. The van der Waals surface area contributed by atoms with Gasteiger partial charge in [0.05, 0.1) is 10.5 Å². The lowest BCUT2D eigenvalue weighted by molar-refractivity contribution is -0.0273. The Labute approximate surface area is 164 Å². The maximum atomic E-state index is 11.4. The number of nitrogens with zero attached hydrogens (tertiary/aromatic N) is 2. The Balaban J connectivity index is 1.56. The molecule has 2 aromatic rings. The molecule has 1 aromatic carbocycles. The van der Waals surface area contributed by atoms with Crippen molar-refractivity contribution in [2.24, 2.45) is 5.14 Å². The number of rotatable bonds is 6. The van der Waals surface area contributed by atoms with Gasteiger partial charge >= 0.3 is 0 Å². The Morgan fingerprint density at radius 1 is 1.25 bits per heavy atom. The van der Waals surface area contributed by atoms with Crippen molar-refractivity contribution in [1.82, 2.24) is 9.97 Å². The normalized spacial score (nSPS) is 24.9. The number of benzene rings is 1. The van der Waals surface area contributed by atoms with Gasteiger partial charge in [0.25, 0.3) is 0 Å². The van der Waals surface area contributed by atoms with E-state index in [2.05, 4.69) is 15.3 Å². The molecule has 0 saturated heterocycles. The van der Waals surface area contributed by atoms with Crippen LogP contribution in [0.2, 0.25) is 0 Å². The van der Waals surface area contributed by atoms with E-state index in [-0.39, 0.29) is 11.0 Å². The standard InChI is InChI=1S/C19H24N4O4S/c1-19(24)10-2-3-16(19)27-17-15(12-4-5-12)11-21-18(23-17)22-13-6-8-14(9-7-13)28(20,25)26/h6-9,11-12,16,24H,2-5,10H2,1H3,(H2,20,25,26)(H,21,22,23)/t16-,19+/m0/s1. The highest BCUT2D eigenvalue weighted by Crippen LogP contribution is 2.45. The van der Waals surface area contributed by atoms with Crippen LogP contribution in [0.5, 0.6) is 5.88 Å². The molecule has 8 nitrogen and oxygen atoms in total. The van der Waals surface area contributed by atoms with Crippen LogP contribution in [0.15, 0.2) is 35.4 Å². The second kappa shape index (κ2) is 6.98. The zero-order chi connectivity index (χ0) is 19.9. The second-order valence-corrected chi connectivity index (χ2v) is 9.34. The summed E-state index contributed by atoms with van der Waals surface area (Å²) >= 11 is 0. The SMILES string of the molecule is C[C@@]1(O)CCC[C@@H]1Oc1nc(Nc2ccc(S(N)(=O)=O)cc2)ncc1C1CC1. The summed E-state index contributed by atoms with van der Waals surface area (Å²) in [7, 11) is -3.73. The molecule has 0 spiro atoms. The van der Waals surface area contributed by atoms with Crippen LogP contribution < -0.4 is 15.2 Å². The number of hydrogen-bond donors (Lipinski definition) is 3. The summed E-state index contributed by atoms with van der Waals surface area (Å²) in [6.45, 7) is 1.80. The highest BCUT2D eigenvalue weighted by molar-refractivity contribution is 7.89. The number of hydrogen-bond acceptors (Lipinski definition) is 7. The van der Waals surface area contributed by atoms with Crippen LogP contribution in [0.25, 0.3) is 0 Å². The first-order chi connectivity index (χ1) is 13.2. The zero-order valence-electron chi connectivity index (χ0n) is 15.6. The third-order valence-corrected chi connectivity index (χ3v) is 6.26. The summed E-state index contributed by atoms with van der Waals surface area (Å²) in [6.07, 6.45) is 6.07. The predicted octanol–water partition coefficient (Wildman–Crippen LogP) is 2.43. The van der Waals surface area contributed by atoms with Gasteiger partial charge in [0.15, 0.2) is 0 Å². The fourth-order valence-corrected chi connectivity index (χ4v) is 4.01. The summed E-state index contributed by atoms with van der Waals surface area (Å²) in [5, 5.41) is 18.7. The average Bonchev–Trinajstić information content (AvgIpc) is 3.40. The van der Waals surface area contributed by atoms with Crippen LogP contribution in [-0.4, -0.2) is 35.2 Å². The summed E-state index contributed by atoms with van der Waals surface area (Å²) in [6, 6.07) is 6.03. The molecule has 4 N–H and O–H groups in total. The molecule has 2 aliphatic carbocycles. The fourth-order valence-electron chi connectivity index (χ4n) is 3.50. The molecule has 150 valence electrons. The summed E-state index contributed by atoms with van der Waals surface area (Å²) in [4.78, 5) is 8.94. The van der Waals surface area contributed by atoms with Gasteiger partial charge in [-0.15, -0.1) is 0 Å². The molecule has 9 heteroatoms. The van der Waals surface area contributed by atoms with Crippen molar-refractivity contribution in [2.75, 3.05) is 5.32 Å². The van der Waals surface area contributed by atoms with E-state index in [4.69, 9.17) is 9.88 Å². The minimum absolute atomic E-state index is 0.0375. The third-order valence-electron chi connectivity index (χ3n) is 5.33. The number of ether oxygens (including phenoxy) is 1. The van der Waals surface area contributed by atoms with Gasteiger partial charge in [-0.1, -0.05) is 0 Å². The molecular weight excluding hydrogens is 380 g/mol. The van der Waals surface area contributed by atoms with Crippen LogP contribution >= 0.6 is 0 Å². The van der Waals surface area contributed by atoms with Crippen molar-refractivity contribution in [2.45, 2.75) is 61.5 Å². The number of nitrogens with one attached hydrogen (secondary N) is 1. The van der Waals surface area contributed by atoms with Crippen LogP contribution in [-0.2, 0) is 10.0 Å². The van der Waals surface area contributed by atoms with Gasteiger partial charge in [0, 0.05) is 17.4 Å². The van der Waals surface area contributed by atoms with Gasteiger partial charge in [-0.05, 0) is 69.2 Å². The minimum atomic E-state index is -3.73. The Kier molecular flexibility index (Phi) is 4.76. The van der Waals surface area contributed by atoms with Crippen LogP contribution in [0.1, 0.15) is 50.5 Å². The zero-order valence-corrected chi connectivity index (χ0v) is 16.4. The Morgan fingerprint density at radius 2 is 1.96 bits per heavy atom.